The monoisotopic (exact) mass is 290 g/mol. The van der Waals surface area contributed by atoms with Gasteiger partial charge in [-0.15, -0.1) is 0 Å². The summed E-state index contributed by atoms with van der Waals surface area (Å²) in [5, 5.41) is 19.1. The minimum absolute atomic E-state index is 0.188. The summed E-state index contributed by atoms with van der Waals surface area (Å²) in [6.07, 6.45) is -0.675. The lowest BCUT2D eigenvalue weighted by atomic mass is 10.1. The summed E-state index contributed by atoms with van der Waals surface area (Å²) >= 11 is 1.52. The zero-order valence-corrected chi connectivity index (χ0v) is 12.3. The lowest BCUT2D eigenvalue weighted by Gasteiger charge is -2.13. The number of nitrogens with one attached hydrogen (secondary N) is 2. The molecule has 0 radical (unpaired) electrons. The molecule has 0 aliphatic carbocycles. The van der Waals surface area contributed by atoms with Crippen molar-refractivity contribution in [3.05, 3.63) is 51.7 Å². The maximum atomic E-state index is 11.8. The molecule has 1 atom stereocenters. The third-order valence-corrected chi connectivity index (χ3v) is 3.72. The Balaban J connectivity index is 1.86. The minimum Gasteiger partial charge on any atom is -0.387 e. The van der Waals surface area contributed by atoms with Gasteiger partial charge in [-0.25, -0.2) is 4.79 Å². The third-order valence-electron chi connectivity index (χ3n) is 3.01. The van der Waals surface area contributed by atoms with Crippen LogP contribution in [0.1, 0.15) is 22.8 Å². The van der Waals surface area contributed by atoms with Crippen LogP contribution in [0, 0.1) is 13.8 Å². The van der Waals surface area contributed by atoms with Crippen LogP contribution in [0.5, 0.6) is 0 Å². The zero-order chi connectivity index (χ0) is 14.5. The lowest BCUT2D eigenvalue weighted by molar-refractivity contribution is 0.175. The van der Waals surface area contributed by atoms with Crippen molar-refractivity contribution in [3.8, 4) is 0 Å². The van der Waals surface area contributed by atoms with Crippen molar-refractivity contribution in [1.82, 2.24) is 5.32 Å². The molecule has 20 heavy (non-hydrogen) atoms. The largest absolute Gasteiger partial charge is 0.387 e. The van der Waals surface area contributed by atoms with Gasteiger partial charge in [-0.2, -0.15) is 11.3 Å². The van der Waals surface area contributed by atoms with E-state index in [4.69, 9.17) is 0 Å². The Labute approximate surface area is 122 Å². The van der Waals surface area contributed by atoms with Gasteiger partial charge >= 0.3 is 6.03 Å². The van der Waals surface area contributed by atoms with Crippen LogP contribution >= 0.6 is 11.3 Å². The van der Waals surface area contributed by atoms with E-state index in [1.807, 2.05) is 48.9 Å². The van der Waals surface area contributed by atoms with E-state index in [-0.39, 0.29) is 12.6 Å². The predicted molar refractivity (Wildman–Crippen MR) is 82.2 cm³/mol. The first-order chi connectivity index (χ1) is 9.56. The van der Waals surface area contributed by atoms with Crippen molar-refractivity contribution in [3.63, 3.8) is 0 Å². The number of aryl methyl sites for hydroxylation is 2. The van der Waals surface area contributed by atoms with Crippen LogP contribution in [0.2, 0.25) is 0 Å². The lowest BCUT2D eigenvalue weighted by Crippen LogP contribution is -2.32. The molecule has 2 rings (SSSR count). The number of aliphatic hydroxyl groups excluding tert-OH is 1. The summed E-state index contributed by atoms with van der Waals surface area (Å²) in [6.45, 7) is 4.14. The summed E-state index contributed by atoms with van der Waals surface area (Å²) in [5.41, 5.74) is 3.76. The van der Waals surface area contributed by atoms with E-state index in [1.54, 1.807) is 0 Å². The number of amides is 2. The van der Waals surface area contributed by atoms with E-state index in [0.717, 1.165) is 22.4 Å². The second-order valence-corrected chi connectivity index (χ2v) is 5.51. The van der Waals surface area contributed by atoms with Gasteiger partial charge in [0, 0.05) is 12.2 Å². The fourth-order valence-electron chi connectivity index (χ4n) is 1.89. The van der Waals surface area contributed by atoms with Gasteiger partial charge in [0.1, 0.15) is 0 Å². The summed E-state index contributed by atoms with van der Waals surface area (Å²) in [5.74, 6) is 0. The average molecular weight is 290 g/mol. The van der Waals surface area contributed by atoms with Crippen molar-refractivity contribution < 1.29 is 9.90 Å². The molecule has 0 saturated heterocycles. The molecule has 1 aromatic heterocycles. The fraction of sp³-hybridized carbons (Fsp3) is 0.267. The number of aliphatic hydroxyl groups is 1. The first-order valence-electron chi connectivity index (χ1n) is 6.38. The van der Waals surface area contributed by atoms with Crippen molar-refractivity contribution in [2.45, 2.75) is 20.0 Å². The summed E-state index contributed by atoms with van der Waals surface area (Å²) in [4.78, 5) is 11.8. The zero-order valence-electron chi connectivity index (χ0n) is 11.5. The Morgan fingerprint density at radius 1 is 1.35 bits per heavy atom. The molecular weight excluding hydrogens is 272 g/mol. The summed E-state index contributed by atoms with van der Waals surface area (Å²) in [7, 11) is 0. The molecule has 2 aromatic rings. The maximum absolute atomic E-state index is 11.8. The Kier molecular flexibility index (Phi) is 4.76. The van der Waals surface area contributed by atoms with E-state index >= 15 is 0 Å². The number of urea groups is 1. The molecule has 0 aliphatic rings. The van der Waals surface area contributed by atoms with Crippen LogP contribution in [0.3, 0.4) is 0 Å². The highest BCUT2D eigenvalue weighted by molar-refractivity contribution is 7.07. The van der Waals surface area contributed by atoms with Gasteiger partial charge in [0.2, 0.25) is 0 Å². The highest BCUT2D eigenvalue weighted by atomic mass is 32.1. The quantitative estimate of drug-likeness (QED) is 0.809. The van der Waals surface area contributed by atoms with Crippen LogP contribution in [-0.4, -0.2) is 17.7 Å². The number of carbonyl (C=O) groups excluding carboxylic acids is 1. The number of carbonyl (C=O) groups is 1. The fourth-order valence-corrected chi connectivity index (χ4v) is 2.60. The predicted octanol–water partition coefficient (Wildman–Crippen LogP) is 3.22. The summed E-state index contributed by atoms with van der Waals surface area (Å²) in [6, 6.07) is 7.36. The molecular formula is C15H18N2O2S. The van der Waals surface area contributed by atoms with Crippen LogP contribution in [0.25, 0.3) is 0 Å². The summed E-state index contributed by atoms with van der Waals surface area (Å²) < 4.78 is 0. The standard InChI is InChI=1S/C15H18N2O2S/c1-10-3-4-13(11(2)7-10)17-15(19)16-8-14(18)12-5-6-20-9-12/h3-7,9,14,18H,8H2,1-2H3,(H2,16,17,19). The van der Waals surface area contributed by atoms with Gasteiger partial charge in [0.05, 0.1) is 6.10 Å². The van der Waals surface area contributed by atoms with E-state index in [9.17, 15) is 9.90 Å². The van der Waals surface area contributed by atoms with Crippen molar-refractivity contribution in [2.75, 3.05) is 11.9 Å². The molecule has 1 heterocycles. The molecule has 106 valence electrons. The molecule has 0 saturated carbocycles. The molecule has 4 nitrogen and oxygen atoms in total. The van der Waals surface area contributed by atoms with Crippen molar-refractivity contribution in [2.24, 2.45) is 0 Å². The number of hydrogen-bond donors (Lipinski definition) is 3. The molecule has 0 bridgehead atoms. The molecule has 5 heteroatoms. The van der Waals surface area contributed by atoms with E-state index in [2.05, 4.69) is 10.6 Å². The van der Waals surface area contributed by atoms with Crippen molar-refractivity contribution in [1.29, 1.82) is 0 Å². The van der Waals surface area contributed by atoms with Gasteiger partial charge in [-0.05, 0) is 47.9 Å². The van der Waals surface area contributed by atoms with Crippen LogP contribution in [0.15, 0.2) is 35.0 Å². The molecule has 0 fully saturated rings. The number of anilines is 1. The normalized spacial score (nSPS) is 11.9. The molecule has 1 unspecified atom stereocenters. The van der Waals surface area contributed by atoms with E-state index in [1.165, 1.54) is 11.3 Å². The van der Waals surface area contributed by atoms with Crippen molar-refractivity contribution >= 4 is 23.1 Å². The van der Waals surface area contributed by atoms with Gasteiger partial charge in [0.25, 0.3) is 0 Å². The molecule has 1 aromatic carbocycles. The maximum Gasteiger partial charge on any atom is 0.319 e. The first kappa shape index (κ1) is 14.6. The highest BCUT2D eigenvalue weighted by Gasteiger charge is 2.10. The van der Waals surface area contributed by atoms with Gasteiger partial charge in [-0.1, -0.05) is 17.7 Å². The first-order valence-corrected chi connectivity index (χ1v) is 7.33. The van der Waals surface area contributed by atoms with Crippen LogP contribution in [-0.2, 0) is 0 Å². The SMILES string of the molecule is Cc1ccc(NC(=O)NCC(O)c2ccsc2)c(C)c1. The smallest absolute Gasteiger partial charge is 0.319 e. The Morgan fingerprint density at radius 2 is 2.15 bits per heavy atom. The molecule has 2 amide bonds. The second-order valence-electron chi connectivity index (χ2n) is 4.73. The number of benzene rings is 1. The topological polar surface area (TPSA) is 61.4 Å². The van der Waals surface area contributed by atoms with E-state index < -0.39 is 6.10 Å². The number of rotatable bonds is 4. The average Bonchev–Trinajstić information content (AvgIpc) is 2.93. The van der Waals surface area contributed by atoms with Crippen LogP contribution in [0.4, 0.5) is 10.5 Å². The number of hydrogen-bond acceptors (Lipinski definition) is 3. The minimum atomic E-state index is -0.675. The van der Waals surface area contributed by atoms with Gasteiger partial charge in [-0.3, -0.25) is 0 Å². The Morgan fingerprint density at radius 3 is 2.80 bits per heavy atom. The van der Waals surface area contributed by atoms with Gasteiger partial charge < -0.3 is 15.7 Å². The number of thiophene rings is 1. The molecule has 3 N–H and O–H groups in total. The van der Waals surface area contributed by atoms with Gasteiger partial charge in [0.15, 0.2) is 0 Å². The Hall–Kier alpha value is -1.85. The highest BCUT2D eigenvalue weighted by Crippen LogP contribution is 2.17. The second kappa shape index (κ2) is 6.54. The third kappa shape index (κ3) is 3.82. The molecule has 0 spiro atoms. The Bertz CT molecular complexity index is 582. The van der Waals surface area contributed by atoms with E-state index in [0.29, 0.717) is 0 Å². The van der Waals surface area contributed by atoms with Crippen LogP contribution < -0.4 is 10.6 Å². The molecule has 0 aliphatic heterocycles.